The van der Waals surface area contributed by atoms with Gasteiger partial charge in [-0.2, -0.15) is 0 Å². The fraction of sp³-hybridized carbons (Fsp3) is 0.579. The van der Waals surface area contributed by atoms with Crippen molar-refractivity contribution in [2.45, 2.75) is 50.6 Å². The van der Waals surface area contributed by atoms with Crippen molar-refractivity contribution in [3.8, 4) is 0 Å². The molecule has 2 fully saturated rings. The number of amides is 3. The van der Waals surface area contributed by atoms with Crippen molar-refractivity contribution in [2.75, 3.05) is 19.6 Å². The van der Waals surface area contributed by atoms with Crippen LogP contribution < -0.4 is 5.32 Å². The van der Waals surface area contributed by atoms with E-state index in [0.29, 0.717) is 6.54 Å². The molecule has 1 aromatic rings. The topological polar surface area (TPSA) is 52.7 Å². The Hall–Kier alpha value is -2.04. The lowest BCUT2D eigenvalue weighted by molar-refractivity contribution is -0.139. The number of fused-ring (bicyclic) bond motifs is 3. The van der Waals surface area contributed by atoms with Crippen LogP contribution in [0.4, 0.5) is 4.79 Å². The molecule has 1 aliphatic carbocycles. The van der Waals surface area contributed by atoms with Crippen LogP contribution in [0.5, 0.6) is 0 Å². The zero-order chi connectivity index (χ0) is 16.5. The summed E-state index contributed by atoms with van der Waals surface area (Å²) in [6, 6.07) is 8.52. The van der Waals surface area contributed by atoms with Crippen molar-refractivity contribution in [1.82, 2.24) is 15.1 Å². The molecule has 2 aliphatic heterocycles. The molecule has 0 radical (unpaired) electrons. The molecule has 3 aliphatic rings. The Bertz CT molecular complexity index is 639. The van der Waals surface area contributed by atoms with Gasteiger partial charge >= 0.3 is 6.03 Å². The van der Waals surface area contributed by atoms with Gasteiger partial charge in [-0.15, -0.1) is 0 Å². The minimum Gasteiger partial charge on any atom is -0.335 e. The molecule has 4 rings (SSSR count). The lowest BCUT2D eigenvalue weighted by atomic mass is 9.91. The smallest absolute Gasteiger partial charge is 0.318 e. The molecule has 0 aromatic heterocycles. The van der Waals surface area contributed by atoms with E-state index in [-0.39, 0.29) is 30.6 Å². The zero-order valence-corrected chi connectivity index (χ0v) is 14.0. The number of benzene rings is 1. The van der Waals surface area contributed by atoms with Crippen LogP contribution in [0.25, 0.3) is 0 Å². The van der Waals surface area contributed by atoms with Gasteiger partial charge in [0.25, 0.3) is 0 Å². The van der Waals surface area contributed by atoms with Crippen LogP contribution in [0, 0.1) is 0 Å². The molecule has 1 saturated carbocycles. The van der Waals surface area contributed by atoms with E-state index in [1.165, 1.54) is 30.4 Å². The van der Waals surface area contributed by atoms with Gasteiger partial charge in [0.2, 0.25) is 5.91 Å². The first-order valence-corrected chi connectivity index (χ1v) is 9.15. The molecule has 1 aromatic carbocycles. The Labute approximate surface area is 143 Å². The zero-order valence-electron chi connectivity index (χ0n) is 14.0. The molecule has 128 valence electrons. The number of piperazine rings is 1. The Morgan fingerprint density at radius 1 is 1.12 bits per heavy atom. The summed E-state index contributed by atoms with van der Waals surface area (Å²) in [6.07, 6.45) is 6.67. The number of urea groups is 1. The van der Waals surface area contributed by atoms with E-state index < -0.39 is 0 Å². The summed E-state index contributed by atoms with van der Waals surface area (Å²) in [5.74, 6) is 0.0690. The van der Waals surface area contributed by atoms with Crippen molar-refractivity contribution in [2.24, 2.45) is 0 Å². The van der Waals surface area contributed by atoms with E-state index in [2.05, 4.69) is 17.4 Å². The summed E-state index contributed by atoms with van der Waals surface area (Å²) in [5, 5.41) is 3.14. The number of hydrogen-bond donors (Lipinski definition) is 1. The van der Waals surface area contributed by atoms with E-state index in [0.717, 1.165) is 25.8 Å². The summed E-state index contributed by atoms with van der Waals surface area (Å²) in [4.78, 5) is 28.9. The Balaban J connectivity index is 1.49. The van der Waals surface area contributed by atoms with Crippen LogP contribution in [-0.4, -0.2) is 47.4 Å². The van der Waals surface area contributed by atoms with Gasteiger partial charge in [0, 0.05) is 19.1 Å². The quantitative estimate of drug-likeness (QED) is 0.861. The van der Waals surface area contributed by atoms with Crippen LogP contribution >= 0.6 is 0 Å². The largest absolute Gasteiger partial charge is 0.335 e. The standard InChI is InChI=1S/C19H25N3O2/c23-18-13-21(19(24)20-15-7-2-1-3-8-15)12-17-16-9-5-4-6-14(16)10-11-22(17)18/h4-6,9,15,17H,1-3,7-8,10-13H2,(H,20,24). The second-order valence-electron chi connectivity index (χ2n) is 7.22. The normalized spacial score (nSPS) is 24.3. The summed E-state index contributed by atoms with van der Waals surface area (Å²) in [5.41, 5.74) is 2.51. The van der Waals surface area contributed by atoms with Crippen molar-refractivity contribution >= 4 is 11.9 Å². The summed E-state index contributed by atoms with van der Waals surface area (Å²) in [6.45, 7) is 1.57. The van der Waals surface area contributed by atoms with Crippen molar-refractivity contribution in [1.29, 1.82) is 0 Å². The highest BCUT2D eigenvalue weighted by Crippen LogP contribution is 2.33. The van der Waals surface area contributed by atoms with E-state index in [1.54, 1.807) is 4.90 Å². The highest BCUT2D eigenvalue weighted by molar-refractivity contribution is 5.86. The minimum atomic E-state index is -0.0713. The van der Waals surface area contributed by atoms with Gasteiger partial charge in [0.05, 0.1) is 6.04 Å². The number of hydrogen-bond acceptors (Lipinski definition) is 2. The molecular weight excluding hydrogens is 302 g/mol. The summed E-state index contributed by atoms with van der Waals surface area (Å²) in [7, 11) is 0. The van der Waals surface area contributed by atoms with Crippen LogP contribution in [0.2, 0.25) is 0 Å². The Kier molecular flexibility index (Phi) is 4.17. The fourth-order valence-corrected chi connectivity index (χ4v) is 4.34. The Morgan fingerprint density at radius 3 is 2.75 bits per heavy atom. The predicted octanol–water partition coefficient (Wildman–Crippen LogP) is 2.47. The average Bonchev–Trinajstić information content (AvgIpc) is 2.62. The number of carbonyl (C=O) groups is 2. The molecule has 5 heteroatoms. The molecule has 3 amide bonds. The molecule has 2 heterocycles. The van der Waals surface area contributed by atoms with E-state index in [1.807, 2.05) is 17.0 Å². The number of carbonyl (C=O) groups excluding carboxylic acids is 2. The minimum absolute atomic E-state index is 0.00769. The third-order valence-electron chi connectivity index (χ3n) is 5.67. The molecule has 1 N–H and O–H groups in total. The SMILES string of the molecule is O=C(NC1CCCCC1)N1CC(=O)N2CCc3ccccc3C2C1. The van der Waals surface area contributed by atoms with Gasteiger partial charge in [0.15, 0.2) is 0 Å². The maximum atomic E-state index is 12.6. The molecule has 1 saturated heterocycles. The van der Waals surface area contributed by atoms with E-state index in [9.17, 15) is 9.59 Å². The highest BCUT2D eigenvalue weighted by atomic mass is 16.2. The van der Waals surface area contributed by atoms with Gasteiger partial charge in [0.1, 0.15) is 6.54 Å². The average molecular weight is 327 g/mol. The maximum absolute atomic E-state index is 12.6. The first kappa shape index (κ1) is 15.5. The number of nitrogens with zero attached hydrogens (tertiary/aromatic N) is 2. The molecule has 0 spiro atoms. The maximum Gasteiger partial charge on any atom is 0.318 e. The lowest BCUT2D eigenvalue weighted by Crippen LogP contribution is -2.58. The van der Waals surface area contributed by atoms with Gasteiger partial charge in [-0.1, -0.05) is 43.5 Å². The van der Waals surface area contributed by atoms with Gasteiger partial charge < -0.3 is 15.1 Å². The first-order valence-electron chi connectivity index (χ1n) is 9.15. The molecular formula is C19H25N3O2. The monoisotopic (exact) mass is 327 g/mol. The van der Waals surface area contributed by atoms with Crippen LogP contribution in [-0.2, 0) is 11.2 Å². The van der Waals surface area contributed by atoms with Crippen molar-refractivity contribution < 1.29 is 9.59 Å². The second-order valence-corrected chi connectivity index (χ2v) is 7.22. The molecule has 1 unspecified atom stereocenters. The van der Waals surface area contributed by atoms with Crippen LogP contribution in [0.15, 0.2) is 24.3 Å². The lowest BCUT2D eigenvalue weighted by Gasteiger charge is -2.44. The molecule has 24 heavy (non-hydrogen) atoms. The van der Waals surface area contributed by atoms with Gasteiger partial charge in [-0.05, 0) is 30.4 Å². The number of rotatable bonds is 1. The third-order valence-corrected chi connectivity index (χ3v) is 5.67. The first-order chi connectivity index (χ1) is 11.7. The van der Waals surface area contributed by atoms with Crippen LogP contribution in [0.3, 0.4) is 0 Å². The van der Waals surface area contributed by atoms with Crippen LogP contribution in [0.1, 0.15) is 49.3 Å². The van der Waals surface area contributed by atoms with E-state index in [4.69, 9.17) is 0 Å². The Morgan fingerprint density at radius 2 is 1.92 bits per heavy atom. The van der Waals surface area contributed by atoms with E-state index >= 15 is 0 Å². The molecule has 1 atom stereocenters. The summed E-state index contributed by atoms with van der Waals surface area (Å²) < 4.78 is 0. The highest BCUT2D eigenvalue weighted by Gasteiger charge is 2.38. The van der Waals surface area contributed by atoms with Crippen molar-refractivity contribution in [3.63, 3.8) is 0 Å². The number of nitrogens with one attached hydrogen (secondary N) is 1. The molecule has 5 nitrogen and oxygen atoms in total. The molecule has 0 bridgehead atoms. The second kappa shape index (κ2) is 6.46. The van der Waals surface area contributed by atoms with Gasteiger partial charge in [-0.25, -0.2) is 4.79 Å². The fourth-order valence-electron chi connectivity index (χ4n) is 4.34. The van der Waals surface area contributed by atoms with Crippen molar-refractivity contribution in [3.05, 3.63) is 35.4 Å². The third kappa shape index (κ3) is 2.87. The predicted molar refractivity (Wildman–Crippen MR) is 91.6 cm³/mol. The van der Waals surface area contributed by atoms with Gasteiger partial charge in [-0.3, -0.25) is 4.79 Å². The summed E-state index contributed by atoms with van der Waals surface area (Å²) >= 11 is 0.